The molecule has 0 spiro atoms. The van der Waals surface area contributed by atoms with Crippen LogP contribution in [-0.4, -0.2) is 64.4 Å². The second-order valence-corrected chi connectivity index (χ2v) is 9.88. The van der Waals surface area contributed by atoms with E-state index in [-0.39, 0.29) is 41.7 Å². The first-order chi connectivity index (χ1) is 15.5. The first kappa shape index (κ1) is 23.2. The highest BCUT2D eigenvalue weighted by molar-refractivity contribution is 6.30. The highest BCUT2D eigenvalue weighted by atomic mass is 35.5. The number of piperazine rings is 1. The topological polar surface area (TPSA) is 89.9 Å². The van der Waals surface area contributed by atoms with E-state index in [1.165, 1.54) is 21.9 Å². The van der Waals surface area contributed by atoms with E-state index in [9.17, 15) is 23.9 Å². The SMILES string of the molecule is CC(C)(C)[C@H](O)C(=O)N1CCN2C(=O)c3cc(-c4ccc(Cl)cc4F)ccc3NC(=O)[C@@H]2C1. The molecule has 0 aromatic heterocycles. The molecule has 0 unspecified atom stereocenters. The van der Waals surface area contributed by atoms with E-state index < -0.39 is 35.2 Å². The van der Waals surface area contributed by atoms with Gasteiger partial charge in [0.25, 0.3) is 11.8 Å². The van der Waals surface area contributed by atoms with Crippen molar-refractivity contribution in [3.63, 3.8) is 0 Å². The Bertz CT molecular complexity index is 1150. The van der Waals surface area contributed by atoms with Crippen LogP contribution in [0.5, 0.6) is 0 Å². The Morgan fingerprint density at radius 2 is 1.88 bits per heavy atom. The van der Waals surface area contributed by atoms with Gasteiger partial charge in [0.05, 0.1) is 17.8 Å². The van der Waals surface area contributed by atoms with Crippen molar-refractivity contribution in [1.29, 1.82) is 0 Å². The van der Waals surface area contributed by atoms with Crippen molar-refractivity contribution in [2.75, 3.05) is 25.0 Å². The zero-order chi connectivity index (χ0) is 24.1. The van der Waals surface area contributed by atoms with E-state index in [2.05, 4.69) is 5.32 Å². The number of benzene rings is 2. The summed E-state index contributed by atoms with van der Waals surface area (Å²) in [4.78, 5) is 41.9. The second-order valence-electron chi connectivity index (χ2n) is 9.44. The van der Waals surface area contributed by atoms with E-state index in [1.54, 1.807) is 45.0 Å². The van der Waals surface area contributed by atoms with E-state index in [0.29, 0.717) is 11.3 Å². The van der Waals surface area contributed by atoms with Gasteiger partial charge in [0.15, 0.2) is 0 Å². The largest absolute Gasteiger partial charge is 0.383 e. The zero-order valence-electron chi connectivity index (χ0n) is 18.6. The van der Waals surface area contributed by atoms with Crippen molar-refractivity contribution in [1.82, 2.24) is 9.80 Å². The van der Waals surface area contributed by atoms with Crippen molar-refractivity contribution < 1.29 is 23.9 Å². The molecule has 2 aliphatic heterocycles. The van der Waals surface area contributed by atoms with Crippen LogP contribution in [0, 0.1) is 11.2 Å². The average Bonchev–Trinajstić information content (AvgIpc) is 2.86. The van der Waals surface area contributed by atoms with Crippen LogP contribution in [0.4, 0.5) is 10.1 Å². The molecule has 0 aliphatic carbocycles. The number of amides is 3. The summed E-state index contributed by atoms with van der Waals surface area (Å²) in [7, 11) is 0. The lowest BCUT2D eigenvalue weighted by molar-refractivity contribution is -0.149. The number of hydrogen-bond donors (Lipinski definition) is 2. The third kappa shape index (κ3) is 4.32. The Morgan fingerprint density at radius 1 is 1.15 bits per heavy atom. The van der Waals surface area contributed by atoms with Gasteiger partial charge in [-0.15, -0.1) is 0 Å². The number of carbonyl (C=O) groups is 3. The molecule has 2 atom stereocenters. The number of rotatable bonds is 2. The first-order valence-corrected chi connectivity index (χ1v) is 11.0. The molecule has 9 heteroatoms. The molecule has 3 amide bonds. The van der Waals surface area contributed by atoms with Gasteiger partial charge in [0.1, 0.15) is 18.0 Å². The van der Waals surface area contributed by atoms with E-state index in [1.807, 2.05) is 0 Å². The molecule has 0 saturated carbocycles. The van der Waals surface area contributed by atoms with Crippen LogP contribution in [0.15, 0.2) is 36.4 Å². The highest BCUT2D eigenvalue weighted by Crippen LogP contribution is 2.32. The minimum atomic E-state index is -1.22. The summed E-state index contributed by atoms with van der Waals surface area (Å²) in [6.45, 7) is 5.58. The molecule has 4 rings (SSSR count). The quantitative estimate of drug-likeness (QED) is 0.701. The molecular formula is C24H25ClFN3O4. The second kappa shape index (κ2) is 8.43. The lowest BCUT2D eigenvalue weighted by Crippen LogP contribution is -2.61. The smallest absolute Gasteiger partial charge is 0.256 e. The van der Waals surface area contributed by atoms with Gasteiger partial charge in [-0.3, -0.25) is 14.4 Å². The van der Waals surface area contributed by atoms with Crippen LogP contribution < -0.4 is 5.32 Å². The van der Waals surface area contributed by atoms with E-state index in [4.69, 9.17) is 11.6 Å². The monoisotopic (exact) mass is 473 g/mol. The van der Waals surface area contributed by atoms with E-state index in [0.717, 1.165) is 0 Å². The summed E-state index contributed by atoms with van der Waals surface area (Å²) in [5.74, 6) is -1.79. The predicted octanol–water partition coefficient (Wildman–Crippen LogP) is 3.16. The lowest BCUT2D eigenvalue weighted by atomic mass is 9.88. The maximum atomic E-state index is 14.4. The minimum Gasteiger partial charge on any atom is -0.383 e. The third-order valence-electron chi connectivity index (χ3n) is 6.06. The molecule has 0 bridgehead atoms. The summed E-state index contributed by atoms with van der Waals surface area (Å²) >= 11 is 5.84. The molecule has 7 nitrogen and oxygen atoms in total. The van der Waals surface area contributed by atoms with Gasteiger partial charge < -0.3 is 20.2 Å². The molecule has 33 heavy (non-hydrogen) atoms. The number of hydrogen-bond acceptors (Lipinski definition) is 4. The summed E-state index contributed by atoms with van der Waals surface area (Å²) in [5.41, 5.74) is 0.677. The van der Waals surface area contributed by atoms with Crippen molar-refractivity contribution in [2.45, 2.75) is 32.9 Å². The van der Waals surface area contributed by atoms with Crippen LogP contribution in [-0.2, 0) is 9.59 Å². The Morgan fingerprint density at radius 3 is 2.55 bits per heavy atom. The number of carbonyl (C=O) groups excluding carboxylic acids is 3. The maximum absolute atomic E-state index is 14.4. The normalized spacial score (nSPS) is 19.4. The minimum absolute atomic E-state index is 0.0177. The molecule has 2 heterocycles. The summed E-state index contributed by atoms with van der Waals surface area (Å²) in [5, 5.41) is 13.4. The Labute approximate surface area is 196 Å². The summed E-state index contributed by atoms with van der Waals surface area (Å²) < 4.78 is 14.4. The number of nitrogens with one attached hydrogen (secondary N) is 1. The summed E-state index contributed by atoms with van der Waals surface area (Å²) in [6, 6.07) is 8.14. The van der Waals surface area contributed by atoms with Crippen LogP contribution in [0.2, 0.25) is 5.02 Å². The number of aliphatic hydroxyl groups is 1. The fourth-order valence-electron chi connectivity index (χ4n) is 4.09. The fraction of sp³-hybridized carbons (Fsp3) is 0.375. The molecule has 2 aromatic carbocycles. The lowest BCUT2D eigenvalue weighted by Gasteiger charge is -2.41. The van der Waals surface area contributed by atoms with Gasteiger partial charge in [0, 0.05) is 23.7 Å². The molecule has 174 valence electrons. The fourth-order valence-corrected chi connectivity index (χ4v) is 4.24. The molecule has 2 aromatic rings. The third-order valence-corrected chi connectivity index (χ3v) is 6.29. The maximum Gasteiger partial charge on any atom is 0.256 e. The van der Waals surface area contributed by atoms with Crippen LogP contribution in [0.3, 0.4) is 0 Å². The Balaban J connectivity index is 1.63. The number of nitrogens with zero attached hydrogens (tertiary/aromatic N) is 2. The number of halogens is 2. The molecule has 2 aliphatic rings. The van der Waals surface area contributed by atoms with Crippen molar-refractivity contribution in [2.24, 2.45) is 5.41 Å². The molecule has 1 saturated heterocycles. The predicted molar refractivity (Wildman–Crippen MR) is 122 cm³/mol. The Kier molecular flexibility index (Phi) is 5.92. The van der Waals surface area contributed by atoms with Gasteiger partial charge in [-0.25, -0.2) is 4.39 Å². The van der Waals surface area contributed by atoms with Gasteiger partial charge in [0.2, 0.25) is 5.91 Å². The van der Waals surface area contributed by atoms with Crippen LogP contribution >= 0.6 is 11.6 Å². The van der Waals surface area contributed by atoms with Gasteiger partial charge in [-0.05, 0) is 41.3 Å². The molecule has 2 N–H and O–H groups in total. The zero-order valence-corrected chi connectivity index (χ0v) is 19.3. The average molecular weight is 474 g/mol. The first-order valence-electron chi connectivity index (χ1n) is 10.7. The Hall–Kier alpha value is -2.97. The van der Waals surface area contributed by atoms with Crippen LogP contribution in [0.25, 0.3) is 11.1 Å². The van der Waals surface area contributed by atoms with Gasteiger partial charge >= 0.3 is 0 Å². The number of fused-ring (bicyclic) bond motifs is 2. The van der Waals surface area contributed by atoms with Gasteiger partial charge in [-0.1, -0.05) is 38.4 Å². The van der Waals surface area contributed by atoms with Crippen molar-refractivity contribution in [3.05, 3.63) is 52.8 Å². The van der Waals surface area contributed by atoms with Crippen molar-refractivity contribution in [3.8, 4) is 11.1 Å². The molecular weight excluding hydrogens is 449 g/mol. The standard InChI is InChI=1S/C24H25ClFN3O4/c1-24(2,3)20(30)23(33)28-8-9-29-19(12-28)21(31)27-18-7-4-13(10-16(18)22(29)32)15-6-5-14(25)11-17(15)26/h4-7,10-11,19-20,30H,8-9,12H2,1-3H3,(H,27,31)/t19-,20+/m0/s1. The van der Waals surface area contributed by atoms with Crippen molar-refractivity contribution >= 4 is 35.0 Å². The van der Waals surface area contributed by atoms with E-state index >= 15 is 0 Å². The van der Waals surface area contributed by atoms with Crippen LogP contribution in [0.1, 0.15) is 31.1 Å². The molecule has 0 radical (unpaired) electrons. The highest BCUT2D eigenvalue weighted by Gasteiger charge is 2.42. The molecule has 1 fully saturated rings. The number of anilines is 1. The van der Waals surface area contributed by atoms with Gasteiger partial charge in [-0.2, -0.15) is 0 Å². The number of aliphatic hydroxyl groups excluding tert-OH is 1. The summed E-state index contributed by atoms with van der Waals surface area (Å²) in [6.07, 6.45) is -1.22.